The predicted octanol–water partition coefficient (Wildman–Crippen LogP) is 2.41. The van der Waals surface area contributed by atoms with E-state index >= 15 is 0 Å². The Morgan fingerprint density at radius 3 is 2.70 bits per heavy atom. The SMILES string of the molecule is CCC(=O)N(c1ccc(F)c(Cl)c1)C1CCS(=O)(=O)C1. The highest BCUT2D eigenvalue weighted by molar-refractivity contribution is 7.91. The lowest BCUT2D eigenvalue weighted by Gasteiger charge is -2.28. The van der Waals surface area contributed by atoms with Gasteiger partial charge in [-0.1, -0.05) is 18.5 Å². The molecule has 1 amide bonds. The molecule has 4 nitrogen and oxygen atoms in total. The minimum Gasteiger partial charge on any atom is -0.308 e. The first kappa shape index (κ1) is 15.3. The molecule has 0 aromatic heterocycles. The van der Waals surface area contributed by atoms with Crippen LogP contribution in [0.3, 0.4) is 0 Å². The predicted molar refractivity (Wildman–Crippen MR) is 76.2 cm³/mol. The summed E-state index contributed by atoms with van der Waals surface area (Å²) in [5.41, 5.74) is 0.436. The van der Waals surface area contributed by atoms with E-state index < -0.39 is 21.7 Å². The van der Waals surface area contributed by atoms with Crippen molar-refractivity contribution < 1.29 is 17.6 Å². The summed E-state index contributed by atoms with van der Waals surface area (Å²) >= 11 is 5.74. The summed E-state index contributed by atoms with van der Waals surface area (Å²) in [6.45, 7) is 1.70. The van der Waals surface area contributed by atoms with Crippen LogP contribution in [0.2, 0.25) is 5.02 Å². The molecule has 20 heavy (non-hydrogen) atoms. The van der Waals surface area contributed by atoms with Crippen LogP contribution in [-0.2, 0) is 14.6 Å². The van der Waals surface area contributed by atoms with Gasteiger partial charge in [0.15, 0.2) is 9.84 Å². The summed E-state index contributed by atoms with van der Waals surface area (Å²) < 4.78 is 36.4. The summed E-state index contributed by atoms with van der Waals surface area (Å²) in [5.74, 6) is -0.762. The van der Waals surface area contributed by atoms with Gasteiger partial charge in [0.2, 0.25) is 5.91 Å². The number of halogens is 2. The fourth-order valence-corrected chi connectivity index (χ4v) is 4.22. The van der Waals surface area contributed by atoms with Gasteiger partial charge in [-0.15, -0.1) is 0 Å². The maximum Gasteiger partial charge on any atom is 0.226 e. The van der Waals surface area contributed by atoms with E-state index in [4.69, 9.17) is 11.6 Å². The van der Waals surface area contributed by atoms with Gasteiger partial charge in [-0.3, -0.25) is 4.79 Å². The van der Waals surface area contributed by atoms with Crippen molar-refractivity contribution in [2.75, 3.05) is 16.4 Å². The van der Waals surface area contributed by atoms with Crippen LogP contribution in [0, 0.1) is 5.82 Å². The van der Waals surface area contributed by atoms with Crippen LogP contribution in [-0.4, -0.2) is 31.9 Å². The van der Waals surface area contributed by atoms with E-state index in [1.807, 2.05) is 0 Å². The van der Waals surface area contributed by atoms with Crippen molar-refractivity contribution in [1.82, 2.24) is 0 Å². The normalized spacial score (nSPS) is 20.9. The molecular formula is C13H15ClFNO3S. The Bertz CT molecular complexity index is 633. The molecule has 1 aliphatic heterocycles. The van der Waals surface area contributed by atoms with E-state index in [-0.39, 0.29) is 28.9 Å². The van der Waals surface area contributed by atoms with Gasteiger partial charge in [0.05, 0.1) is 22.6 Å². The quantitative estimate of drug-likeness (QED) is 0.859. The van der Waals surface area contributed by atoms with Crippen molar-refractivity contribution >= 4 is 33.0 Å². The number of anilines is 1. The van der Waals surface area contributed by atoms with Crippen LogP contribution in [0.25, 0.3) is 0 Å². The number of carbonyl (C=O) groups is 1. The van der Waals surface area contributed by atoms with E-state index in [2.05, 4.69) is 0 Å². The van der Waals surface area contributed by atoms with Gasteiger partial charge in [-0.25, -0.2) is 12.8 Å². The fourth-order valence-electron chi connectivity index (χ4n) is 2.34. The fraction of sp³-hybridized carbons (Fsp3) is 0.462. The first-order valence-corrected chi connectivity index (χ1v) is 8.51. The molecule has 0 radical (unpaired) electrons. The molecule has 0 N–H and O–H groups in total. The minimum atomic E-state index is -3.11. The van der Waals surface area contributed by atoms with Crippen molar-refractivity contribution in [2.24, 2.45) is 0 Å². The van der Waals surface area contributed by atoms with Gasteiger partial charge in [0.1, 0.15) is 5.82 Å². The molecule has 1 aliphatic rings. The molecule has 1 fully saturated rings. The van der Waals surface area contributed by atoms with E-state index in [9.17, 15) is 17.6 Å². The van der Waals surface area contributed by atoms with Crippen LogP contribution in [0.1, 0.15) is 19.8 Å². The maximum absolute atomic E-state index is 13.2. The van der Waals surface area contributed by atoms with E-state index in [1.165, 1.54) is 23.1 Å². The summed E-state index contributed by atoms with van der Waals surface area (Å²) in [6.07, 6.45) is 0.634. The topological polar surface area (TPSA) is 54.5 Å². The smallest absolute Gasteiger partial charge is 0.226 e. The van der Waals surface area contributed by atoms with Crippen LogP contribution < -0.4 is 4.90 Å². The molecule has 0 bridgehead atoms. The molecule has 0 saturated carbocycles. The Morgan fingerprint density at radius 2 is 2.20 bits per heavy atom. The van der Waals surface area contributed by atoms with E-state index in [0.717, 1.165) is 0 Å². The summed E-state index contributed by atoms with van der Waals surface area (Å²) in [5, 5.41) is -0.0859. The lowest BCUT2D eigenvalue weighted by molar-refractivity contribution is -0.118. The minimum absolute atomic E-state index is 0.0618. The second-order valence-electron chi connectivity index (χ2n) is 4.77. The van der Waals surface area contributed by atoms with E-state index in [1.54, 1.807) is 6.92 Å². The average molecular weight is 320 g/mol. The van der Waals surface area contributed by atoms with Gasteiger partial charge >= 0.3 is 0 Å². The van der Waals surface area contributed by atoms with Gasteiger partial charge < -0.3 is 4.90 Å². The highest BCUT2D eigenvalue weighted by atomic mass is 35.5. The zero-order valence-corrected chi connectivity index (χ0v) is 12.5. The van der Waals surface area contributed by atoms with Crippen molar-refractivity contribution in [1.29, 1.82) is 0 Å². The summed E-state index contributed by atoms with van der Waals surface area (Å²) in [4.78, 5) is 13.5. The molecule has 1 saturated heterocycles. The number of sulfone groups is 1. The van der Waals surface area contributed by atoms with Crippen LogP contribution >= 0.6 is 11.6 Å². The molecule has 1 aromatic carbocycles. The number of hydrogen-bond acceptors (Lipinski definition) is 3. The third-order valence-corrected chi connectivity index (χ3v) is 5.37. The average Bonchev–Trinajstić information content (AvgIpc) is 2.74. The summed E-state index contributed by atoms with van der Waals surface area (Å²) in [7, 11) is -3.11. The first-order chi connectivity index (χ1) is 9.34. The molecule has 0 aliphatic carbocycles. The second-order valence-corrected chi connectivity index (χ2v) is 7.41. The Balaban J connectivity index is 2.38. The van der Waals surface area contributed by atoms with E-state index in [0.29, 0.717) is 12.1 Å². The lowest BCUT2D eigenvalue weighted by atomic mass is 10.1. The van der Waals surface area contributed by atoms with Crippen molar-refractivity contribution in [3.8, 4) is 0 Å². The Hall–Kier alpha value is -1.14. The Morgan fingerprint density at radius 1 is 1.50 bits per heavy atom. The number of hydrogen-bond donors (Lipinski definition) is 0. The van der Waals surface area contributed by atoms with Crippen molar-refractivity contribution in [3.05, 3.63) is 29.0 Å². The van der Waals surface area contributed by atoms with Crippen LogP contribution in [0.4, 0.5) is 10.1 Å². The molecule has 0 spiro atoms. The summed E-state index contributed by atoms with van der Waals surface area (Å²) in [6, 6.07) is 3.57. The highest BCUT2D eigenvalue weighted by Crippen LogP contribution is 2.28. The van der Waals surface area contributed by atoms with Crippen LogP contribution in [0.15, 0.2) is 18.2 Å². The van der Waals surface area contributed by atoms with Crippen molar-refractivity contribution in [3.63, 3.8) is 0 Å². The number of amides is 1. The molecule has 1 heterocycles. The standard InChI is InChI=1S/C13H15ClFNO3S/c1-2-13(17)16(10-5-6-20(18,19)8-10)9-3-4-12(15)11(14)7-9/h3-4,7,10H,2,5-6,8H2,1H3. The van der Waals surface area contributed by atoms with Crippen LogP contribution in [0.5, 0.6) is 0 Å². The molecule has 1 aromatic rings. The number of carbonyl (C=O) groups excluding carboxylic acids is 1. The zero-order valence-electron chi connectivity index (χ0n) is 11.0. The molecule has 1 unspecified atom stereocenters. The zero-order chi connectivity index (χ0) is 14.9. The molecular weight excluding hydrogens is 305 g/mol. The third kappa shape index (κ3) is 3.12. The Labute approximate surface area is 122 Å². The lowest BCUT2D eigenvalue weighted by Crippen LogP contribution is -2.41. The molecule has 1 atom stereocenters. The number of rotatable bonds is 3. The molecule has 7 heteroatoms. The van der Waals surface area contributed by atoms with Gasteiger partial charge in [-0.05, 0) is 24.6 Å². The first-order valence-electron chi connectivity index (χ1n) is 6.31. The third-order valence-electron chi connectivity index (χ3n) is 3.33. The Kier molecular flexibility index (Phi) is 4.34. The van der Waals surface area contributed by atoms with Gasteiger partial charge in [-0.2, -0.15) is 0 Å². The highest BCUT2D eigenvalue weighted by Gasteiger charge is 2.35. The monoisotopic (exact) mass is 319 g/mol. The second kappa shape index (κ2) is 5.69. The maximum atomic E-state index is 13.2. The molecule has 110 valence electrons. The number of nitrogens with zero attached hydrogens (tertiary/aromatic N) is 1. The van der Waals surface area contributed by atoms with Gasteiger partial charge in [0, 0.05) is 12.1 Å². The number of benzene rings is 1. The molecule has 2 rings (SSSR count). The largest absolute Gasteiger partial charge is 0.308 e. The van der Waals surface area contributed by atoms with Crippen molar-refractivity contribution in [2.45, 2.75) is 25.8 Å². The van der Waals surface area contributed by atoms with Gasteiger partial charge in [0.25, 0.3) is 0 Å².